The molecule has 2 rings (SSSR count). The number of rotatable bonds is 4. The molecule has 0 bridgehead atoms. The third-order valence-electron chi connectivity index (χ3n) is 3.14. The Morgan fingerprint density at radius 3 is 2.62 bits per heavy atom. The second-order valence-electron chi connectivity index (χ2n) is 4.69. The summed E-state index contributed by atoms with van der Waals surface area (Å²) in [6.07, 6.45) is -1.13. The van der Waals surface area contributed by atoms with Crippen LogP contribution in [0.1, 0.15) is 31.0 Å². The maximum atomic E-state index is 13.7. The summed E-state index contributed by atoms with van der Waals surface area (Å²) in [6, 6.07) is 1.95. The SMILES string of the molecule is CCn1cc(C(C)Nc2cc(C(F)(F)F)ccc2F)cn1. The van der Waals surface area contributed by atoms with E-state index in [2.05, 4.69) is 10.4 Å². The summed E-state index contributed by atoms with van der Waals surface area (Å²) in [6.45, 7) is 4.34. The van der Waals surface area contributed by atoms with Crippen molar-refractivity contribution in [3.05, 3.63) is 47.5 Å². The lowest BCUT2D eigenvalue weighted by molar-refractivity contribution is -0.137. The van der Waals surface area contributed by atoms with Gasteiger partial charge in [-0.1, -0.05) is 0 Å². The van der Waals surface area contributed by atoms with E-state index in [-0.39, 0.29) is 11.7 Å². The highest BCUT2D eigenvalue weighted by Crippen LogP contribution is 2.32. The molecule has 1 N–H and O–H groups in total. The average molecular weight is 301 g/mol. The lowest BCUT2D eigenvalue weighted by atomic mass is 10.1. The number of benzene rings is 1. The lowest BCUT2D eigenvalue weighted by Gasteiger charge is -2.16. The molecule has 1 aromatic heterocycles. The monoisotopic (exact) mass is 301 g/mol. The lowest BCUT2D eigenvalue weighted by Crippen LogP contribution is -2.10. The van der Waals surface area contributed by atoms with Gasteiger partial charge in [-0.05, 0) is 32.0 Å². The Bertz CT molecular complexity index is 619. The predicted octanol–water partition coefficient (Wildman–Crippen LogP) is 4.23. The Morgan fingerprint density at radius 2 is 2.05 bits per heavy atom. The summed E-state index contributed by atoms with van der Waals surface area (Å²) < 4.78 is 53.3. The number of nitrogens with zero attached hydrogens (tertiary/aromatic N) is 2. The minimum Gasteiger partial charge on any atom is -0.376 e. The molecular formula is C14H15F4N3. The highest BCUT2D eigenvalue weighted by molar-refractivity contribution is 5.49. The van der Waals surface area contributed by atoms with Crippen molar-refractivity contribution in [3.63, 3.8) is 0 Å². The average Bonchev–Trinajstić information content (AvgIpc) is 2.88. The van der Waals surface area contributed by atoms with E-state index in [0.717, 1.165) is 23.8 Å². The number of alkyl halides is 3. The number of hydrogen-bond donors (Lipinski definition) is 1. The molecule has 0 aliphatic rings. The summed E-state index contributed by atoms with van der Waals surface area (Å²) in [7, 11) is 0. The second-order valence-corrected chi connectivity index (χ2v) is 4.69. The van der Waals surface area contributed by atoms with Gasteiger partial charge in [-0.25, -0.2) is 4.39 Å². The Kier molecular flexibility index (Phi) is 4.20. The molecule has 1 heterocycles. The standard InChI is InChI=1S/C14H15F4N3/c1-3-21-8-10(7-19-21)9(2)20-13-6-11(14(16,17)18)4-5-12(13)15/h4-9,20H,3H2,1-2H3. The molecule has 1 unspecified atom stereocenters. The van der Waals surface area contributed by atoms with Crippen LogP contribution in [0.2, 0.25) is 0 Å². The van der Waals surface area contributed by atoms with Crippen LogP contribution in [0.15, 0.2) is 30.6 Å². The van der Waals surface area contributed by atoms with Crippen LogP contribution in [0.25, 0.3) is 0 Å². The van der Waals surface area contributed by atoms with Crippen LogP contribution >= 0.6 is 0 Å². The highest BCUT2D eigenvalue weighted by Gasteiger charge is 2.31. The molecule has 0 saturated carbocycles. The molecule has 7 heteroatoms. The molecule has 0 fully saturated rings. The van der Waals surface area contributed by atoms with Gasteiger partial charge in [0.15, 0.2) is 0 Å². The first kappa shape index (κ1) is 15.3. The van der Waals surface area contributed by atoms with Crippen molar-refractivity contribution in [2.24, 2.45) is 0 Å². The fraction of sp³-hybridized carbons (Fsp3) is 0.357. The topological polar surface area (TPSA) is 29.9 Å². The third-order valence-corrected chi connectivity index (χ3v) is 3.14. The van der Waals surface area contributed by atoms with Gasteiger partial charge in [0.25, 0.3) is 0 Å². The summed E-state index contributed by atoms with van der Waals surface area (Å²) in [5, 5.41) is 6.83. The Hall–Kier alpha value is -2.05. The van der Waals surface area contributed by atoms with E-state index < -0.39 is 17.6 Å². The largest absolute Gasteiger partial charge is 0.416 e. The normalized spacial score (nSPS) is 13.2. The number of hydrogen-bond acceptors (Lipinski definition) is 2. The fourth-order valence-corrected chi connectivity index (χ4v) is 1.90. The smallest absolute Gasteiger partial charge is 0.376 e. The van der Waals surface area contributed by atoms with Gasteiger partial charge in [0.05, 0.1) is 23.5 Å². The number of nitrogens with one attached hydrogen (secondary N) is 1. The van der Waals surface area contributed by atoms with Gasteiger partial charge in [0.1, 0.15) is 5.82 Å². The second kappa shape index (κ2) is 5.75. The summed E-state index contributed by atoms with van der Waals surface area (Å²) >= 11 is 0. The third kappa shape index (κ3) is 3.53. The van der Waals surface area contributed by atoms with Crippen molar-refractivity contribution in [1.29, 1.82) is 0 Å². The zero-order valence-electron chi connectivity index (χ0n) is 11.6. The Balaban J connectivity index is 2.22. The highest BCUT2D eigenvalue weighted by atomic mass is 19.4. The maximum absolute atomic E-state index is 13.7. The van der Waals surface area contributed by atoms with Crippen molar-refractivity contribution in [2.75, 3.05) is 5.32 Å². The first-order valence-corrected chi connectivity index (χ1v) is 6.47. The predicted molar refractivity (Wildman–Crippen MR) is 71.3 cm³/mol. The molecular weight excluding hydrogens is 286 g/mol. The van der Waals surface area contributed by atoms with Crippen LogP contribution in [0.3, 0.4) is 0 Å². The van der Waals surface area contributed by atoms with Crippen molar-refractivity contribution in [3.8, 4) is 0 Å². The van der Waals surface area contributed by atoms with Gasteiger partial charge in [0.2, 0.25) is 0 Å². The van der Waals surface area contributed by atoms with Gasteiger partial charge in [0, 0.05) is 18.3 Å². The molecule has 1 aromatic carbocycles. The maximum Gasteiger partial charge on any atom is 0.416 e. The van der Waals surface area contributed by atoms with Crippen molar-refractivity contribution < 1.29 is 17.6 Å². The van der Waals surface area contributed by atoms with E-state index in [1.54, 1.807) is 24.0 Å². The molecule has 0 aliphatic heterocycles. The van der Waals surface area contributed by atoms with Crippen LogP contribution in [0, 0.1) is 5.82 Å². The fourth-order valence-electron chi connectivity index (χ4n) is 1.90. The zero-order valence-corrected chi connectivity index (χ0v) is 11.6. The first-order chi connectivity index (χ1) is 9.81. The Morgan fingerprint density at radius 1 is 1.33 bits per heavy atom. The minimum atomic E-state index is -4.50. The molecule has 114 valence electrons. The van der Waals surface area contributed by atoms with Gasteiger partial charge in [-0.2, -0.15) is 18.3 Å². The van der Waals surface area contributed by atoms with Crippen LogP contribution in [0.4, 0.5) is 23.2 Å². The molecule has 3 nitrogen and oxygen atoms in total. The van der Waals surface area contributed by atoms with Crippen molar-refractivity contribution in [1.82, 2.24) is 9.78 Å². The Labute approximate surface area is 119 Å². The molecule has 0 amide bonds. The van der Waals surface area contributed by atoms with Crippen molar-refractivity contribution in [2.45, 2.75) is 32.6 Å². The van der Waals surface area contributed by atoms with Gasteiger partial charge < -0.3 is 5.32 Å². The molecule has 0 spiro atoms. The summed E-state index contributed by atoms with van der Waals surface area (Å²) in [4.78, 5) is 0. The summed E-state index contributed by atoms with van der Waals surface area (Å²) in [5.74, 6) is -0.724. The van der Waals surface area contributed by atoms with E-state index in [9.17, 15) is 17.6 Å². The molecule has 2 aromatic rings. The molecule has 0 aliphatic carbocycles. The number of halogens is 4. The van der Waals surface area contributed by atoms with E-state index in [4.69, 9.17) is 0 Å². The van der Waals surface area contributed by atoms with E-state index in [1.807, 2.05) is 6.92 Å². The number of aromatic nitrogens is 2. The molecule has 21 heavy (non-hydrogen) atoms. The van der Waals surface area contributed by atoms with Crippen LogP contribution in [0.5, 0.6) is 0 Å². The summed E-state index contributed by atoms with van der Waals surface area (Å²) in [5.41, 5.74) is -0.293. The van der Waals surface area contributed by atoms with Gasteiger partial charge in [-0.3, -0.25) is 4.68 Å². The van der Waals surface area contributed by atoms with Gasteiger partial charge in [-0.15, -0.1) is 0 Å². The molecule has 0 saturated heterocycles. The van der Waals surface area contributed by atoms with Gasteiger partial charge >= 0.3 is 6.18 Å². The number of anilines is 1. The van der Waals surface area contributed by atoms with Crippen molar-refractivity contribution >= 4 is 5.69 Å². The minimum absolute atomic E-state index is 0.179. The van der Waals surface area contributed by atoms with Crippen LogP contribution in [-0.2, 0) is 12.7 Å². The van der Waals surface area contributed by atoms with E-state index in [1.165, 1.54) is 0 Å². The quantitative estimate of drug-likeness (QED) is 0.856. The van der Waals surface area contributed by atoms with E-state index >= 15 is 0 Å². The number of aryl methyl sites for hydroxylation is 1. The van der Waals surface area contributed by atoms with Crippen LogP contribution in [-0.4, -0.2) is 9.78 Å². The molecule has 1 atom stereocenters. The molecule has 0 radical (unpaired) electrons. The first-order valence-electron chi connectivity index (χ1n) is 6.47. The van der Waals surface area contributed by atoms with E-state index in [0.29, 0.717) is 6.54 Å². The van der Waals surface area contributed by atoms with Crippen LogP contribution < -0.4 is 5.32 Å². The zero-order chi connectivity index (χ0) is 15.6.